The van der Waals surface area contributed by atoms with Crippen LogP contribution < -0.4 is 5.32 Å². The predicted octanol–water partition coefficient (Wildman–Crippen LogP) is 5.85. The van der Waals surface area contributed by atoms with Crippen LogP contribution in [-0.2, 0) is 6.42 Å². The van der Waals surface area contributed by atoms with Crippen LogP contribution in [0.25, 0.3) is 0 Å². The van der Waals surface area contributed by atoms with Gasteiger partial charge in [0.05, 0.1) is 5.60 Å². The third-order valence-electron chi connectivity index (χ3n) is 6.34. The first-order chi connectivity index (χ1) is 14.2. The lowest BCUT2D eigenvalue weighted by molar-refractivity contribution is -0.0780. The normalized spacial score (nSPS) is 26.9. The van der Waals surface area contributed by atoms with Gasteiger partial charge in [0.2, 0.25) is 0 Å². The SMILES string of the molecule is CCC[C@@H]1[C@H](c2ccccc2)N[C@@H](c2ccccc2)C[C@@]1(O)Cc1ccccc1. The van der Waals surface area contributed by atoms with Gasteiger partial charge in [-0.15, -0.1) is 0 Å². The van der Waals surface area contributed by atoms with Crippen molar-refractivity contribution in [1.29, 1.82) is 0 Å². The van der Waals surface area contributed by atoms with Crippen LogP contribution >= 0.6 is 0 Å². The van der Waals surface area contributed by atoms with Gasteiger partial charge < -0.3 is 10.4 Å². The highest BCUT2D eigenvalue weighted by atomic mass is 16.3. The van der Waals surface area contributed by atoms with Gasteiger partial charge in [-0.2, -0.15) is 0 Å². The highest BCUT2D eigenvalue weighted by Crippen LogP contribution is 2.46. The van der Waals surface area contributed by atoms with Crippen molar-refractivity contribution in [2.45, 2.75) is 50.3 Å². The monoisotopic (exact) mass is 385 g/mol. The first kappa shape index (κ1) is 19.9. The number of piperidine rings is 1. The van der Waals surface area contributed by atoms with Crippen molar-refractivity contribution in [1.82, 2.24) is 5.32 Å². The molecule has 150 valence electrons. The summed E-state index contributed by atoms with van der Waals surface area (Å²) in [6, 6.07) is 31.9. The molecule has 3 aromatic rings. The first-order valence-electron chi connectivity index (χ1n) is 10.8. The highest BCUT2D eigenvalue weighted by molar-refractivity contribution is 5.28. The topological polar surface area (TPSA) is 32.3 Å². The summed E-state index contributed by atoms with van der Waals surface area (Å²) in [5.74, 6) is 0.162. The summed E-state index contributed by atoms with van der Waals surface area (Å²) < 4.78 is 0. The van der Waals surface area contributed by atoms with Crippen LogP contribution in [0.15, 0.2) is 91.0 Å². The predicted molar refractivity (Wildman–Crippen MR) is 120 cm³/mol. The average molecular weight is 386 g/mol. The van der Waals surface area contributed by atoms with Gasteiger partial charge >= 0.3 is 0 Å². The van der Waals surface area contributed by atoms with Gasteiger partial charge in [0.1, 0.15) is 0 Å². The molecular weight excluding hydrogens is 354 g/mol. The zero-order valence-corrected chi connectivity index (χ0v) is 17.2. The van der Waals surface area contributed by atoms with Crippen molar-refractivity contribution >= 4 is 0 Å². The molecular formula is C27H31NO. The molecule has 1 aliphatic heterocycles. The van der Waals surface area contributed by atoms with Crippen molar-refractivity contribution < 1.29 is 5.11 Å². The van der Waals surface area contributed by atoms with E-state index in [1.165, 1.54) is 16.7 Å². The zero-order valence-electron chi connectivity index (χ0n) is 17.2. The number of hydrogen-bond donors (Lipinski definition) is 2. The summed E-state index contributed by atoms with van der Waals surface area (Å²) in [7, 11) is 0. The first-order valence-corrected chi connectivity index (χ1v) is 10.8. The molecule has 2 heteroatoms. The van der Waals surface area contributed by atoms with E-state index in [9.17, 15) is 5.11 Å². The molecule has 1 heterocycles. The molecule has 0 saturated carbocycles. The summed E-state index contributed by atoms with van der Waals surface area (Å²) >= 11 is 0. The van der Waals surface area contributed by atoms with E-state index in [1.54, 1.807) is 0 Å². The van der Waals surface area contributed by atoms with Crippen molar-refractivity contribution in [3.63, 3.8) is 0 Å². The van der Waals surface area contributed by atoms with Crippen LogP contribution in [0.2, 0.25) is 0 Å². The Balaban J connectivity index is 1.75. The van der Waals surface area contributed by atoms with E-state index in [0.717, 1.165) is 19.3 Å². The van der Waals surface area contributed by atoms with Gasteiger partial charge in [0.25, 0.3) is 0 Å². The number of benzene rings is 3. The van der Waals surface area contributed by atoms with E-state index < -0.39 is 5.60 Å². The van der Waals surface area contributed by atoms with Crippen LogP contribution in [0.5, 0.6) is 0 Å². The molecule has 3 aromatic carbocycles. The smallest absolute Gasteiger partial charge is 0.0752 e. The van der Waals surface area contributed by atoms with Crippen LogP contribution in [0.1, 0.15) is 55.0 Å². The molecule has 2 nitrogen and oxygen atoms in total. The minimum absolute atomic E-state index is 0.128. The average Bonchev–Trinajstić information content (AvgIpc) is 2.77. The van der Waals surface area contributed by atoms with Gasteiger partial charge in [-0.25, -0.2) is 0 Å². The van der Waals surface area contributed by atoms with Crippen LogP contribution in [-0.4, -0.2) is 10.7 Å². The maximum Gasteiger partial charge on any atom is 0.0752 e. The standard InChI is InChI=1S/C27H31NO/c1-2-12-24-26(23-17-10-5-11-18-23)28-25(22-15-8-4-9-16-22)20-27(24,29)19-21-13-6-3-7-14-21/h3-11,13-18,24-26,28-29H,2,12,19-20H2,1H3/t24-,25-,26+,27+/m1/s1. The van der Waals surface area contributed by atoms with Gasteiger partial charge in [-0.3, -0.25) is 0 Å². The summed E-state index contributed by atoms with van der Waals surface area (Å²) in [5, 5.41) is 16.0. The second-order valence-corrected chi connectivity index (χ2v) is 8.38. The number of rotatable bonds is 6. The van der Waals surface area contributed by atoms with E-state index in [-0.39, 0.29) is 18.0 Å². The Labute approximate surface area is 174 Å². The van der Waals surface area contributed by atoms with E-state index >= 15 is 0 Å². The van der Waals surface area contributed by atoms with Crippen molar-refractivity contribution in [3.05, 3.63) is 108 Å². The zero-order chi connectivity index (χ0) is 20.1. The lowest BCUT2D eigenvalue weighted by Gasteiger charge is -2.49. The largest absolute Gasteiger partial charge is 0.389 e. The molecule has 1 aliphatic rings. The molecule has 2 N–H and O–H groups in total. The van der Waals surface area contributed by atoms with E-state index in [2.05, 4.69) is 97.2 Å². The molecule has 0 unspecified atom stereocenters. The van der Waals surface area contributed by atoms with Crippen molar-refractivity contribution in [2.75, 3.05) is 0 Å². The Bertz CT molecular complexity index is 880. The van der Waals surface area contributed by atoms with Crippen molar-refractivity contribution in [3.8, 4) is 0 Å². The fraction of sp³-hybridized carbons (Fsp3) is 0.333. The Hall–Kier alpha value is -2.42. The van der Waals surface area contributed by atoms with Crippen LogP contribution in [0, 0.1) is 5.92 Å². The van der Waals surface area contributed by atoms with E-state index in [1.807, 2.05) is 6.07 Å². The van der Waals surface area contributed by atoms with Gasteiger partial charge in [0.15, 0.2) is 0 Å². The Morgan fingerprint density at radius 3 is 1.97 bits per heavy atom. The summed E-state index contributed by atoms with van der Waals surface area (Å²) in [5.41, 5.74) is 2.95. The molecule has 4 rings (SSSR count). The van der Waals surface area contributed by atoms with E-state index in [4.69, 9.17) is 0 Å². The Morgan fingerprint density at radius 2 is 1.38 bits per heavy atom. The molecule has 0 spiro atoms. The second kappa shape index (κ2) is 8.94. The number of aliphatic hydroxyl groups is 1. The molecule has 4 atom stereocenters. The Morgan fingerprint density at radius 1 is 0.828 bits per heavy atom. The summed E-state index contributed by atoms with van der Waals surface area (Å²) in [6.45, 7) is 2.22. The molecule has 0 aliphatic carbocycles. The maximum absolute atomic E-state index is 12.1. The molecule has 1 saturated heterocycles. The van der Waals surface area contributed by atoms with Crippen LogP contribution in [0.3, 0.4) is 0 Å². The lowest BCUT2D eigenvalue weighted by Crippen LogP contribution is -2.54. The quantitative estimate of drug-likeness (QED) is 0.558. The highest BCUT2D eigenvalue weighted by Gasteiger charge is 2.47. The van der Waals surface area contributed by atoms with Crippen molar-refractivity contribution in [2.24, 2.45) is 5.92 Å². The lowest BCUT2D eigenvalue weighted by atomic mass is 9.67. The minimum Gasteiger partial charge on any atom is -0.389 e. The molecule has 0 radical (unpaired) electrons. The molecule has 1 fully saturated rings. The fourth-order valence-electron chi connectivity index (χ4n) is 4.99. The summed E-state index contributed by atoms with van der Waals surface area (Å²) in [6.07, 6.45) is 3.47. The molecule has 29 heavy (non-hydrogen) atoms. The number of nitrogens with one attached hydrogen (secondary N) is 1. The third-order valence-corrected chi connectivity index (χ3v) is 6.34. The maximum atomic E-state index is 12.1. The molecule has 0 aromatic heterocycles. The molecule has 0 amide bonds. The van der Waals surface area contributed by atoms with Gasteiger partial charge in [-0.05, 0) is 29.5 Å². The van der Waals surface area contributed by atoms with Crippen LogP contribution in [0.4, 0.5) is 0 Å². The second-order valence-electron chi connectivity index (χ2n) is 8.38. The van der Waals surface area contributed by atoms with E-state index in [0.29, 0.717) is 6.42 Å². The third kappa shape index (κ3) is 4.44. The molecule has 0 bridgehead atoms. The van der Waals surface area contributed by atoms with Gasteiger partial charge in [0, 0.05) is 24.4 Å². The Kier molecular flexibility index (Phi) is 6.13. The van der Waals surface area contributed by atoms with Gasteiger partial charge in [-0.1, -0.05) is 104 Å². The fourth-order valence-corrected chi connectivity index (χ4v) is 4.99. The summed E-state index contributed by atoms with van der Waals surface area (Å²) in [4.78, 5) is 0. The minimum atomic E-state index is -0.760. The number of hydrogen-bond acceptors (Lipinski definition) is 2.